The van der Waals surface area contributed by atoms with E-state index in [0.717, 1.165) is 12.2 Å². The van der Waals surface area contributed by atoms with Crippen LogP contribution in [0.4, 0.5) is 11.4 Å². The molecule has 106 valence electrons. The molecule has 0 aliphatic heterocycles. The van der Waals surface area contributed by atoms with Gasteiger partial charge < -0.3 is 10.6 Å². The first-order valence-electron chi connectivity index (χ1n) is 7.02. The van der Waals surface area contributed by atoms with Gasteiger partial charge in [0.1, 0.15) is 0 Å². The summed E-state index contributed by atoms with van der Waals surface area (Å²) in [6.07, 6.45) is 0. The number of anilines is 2. The van der Waals surface area contributed by atoms with Crippen molar-refractivity contribution in [2.75, 3.05) is 24.2 Å². The minimum absolute atomic E-state index is 0.0767. The molecule has 2 aromatic carbocycles. The Balaban J connectivity index is 2.14. The number of aryl methyl sites for hydroxylation is 1. The lowest BCUT2D eigenvalue weighted by Crippen LogP contribution is -2.34. The van der Waals surface area contributed by atoms with Gasteiger partial charge in [0.05, 0.1) is 0 Å². The Hall–Kier alpha value is -1.96. The number of hydrogen-bond acceptors (Lipinski definition) is 2. The van der Waals surface area contributed by atoms with Crippen LogP contribution in [0, 0.1) is 6.92 Å². The van der Waals surface area contributed by atoms with Crippen LogP contribution >= 0.6 is 0 Å². The zero-order chi connectivity index (χ0) is 14.8. The molecule has 2 nitrogen and oxygen atoms in total. The summed E-state index contributed by atoms with van der Waals surface area (Å²) in [6, 6.07) is 16.9. The molecule has 0 spiro atoms. The van der Waals surface area contributed by atoms with E-state index < -0.39 is 0 Å². The van der Waals surface area contributed by atoms with Gasteiger partial charge in [-0.2, -0.15) is 0 Å². The summed E-state index contributed by atoms with van der Waals surface area (Å²) in [5, 5.41) is 0. The van der Waals surface area contributed by atoms with Crippen LogP contribution in [0.5, 0.6) is 0 Å². The highest BCUT2D eigenvalue weighted by Gasteiger charge is 2.22. The van der Waals surface area contributed by atoms with Gasteiger partial charge in [0.25, 0.3) is 0 Å². The lowest BCUT2D eigenvalue weighted by Gasteiger charge is -2.32. The summed E-state index contributed by atoms with van der Waals surface area (Å²) < 4.78 is 0. The van der Waals surface area contributed by atoms with Crippen molar-refractivity contribution in [3.8, 4) is 0 Å². The normalized spacial score (nSPS) is 11.4. The van der Waals surface area contributed by atoms with Gasteiger partial charge in [-0.15, -0.1) is 0 Å². The average Bonchev–Trinajstić information content (AvgIpc) is 2.39. The monoisotopic (exact) mass is 268 g/mol. The van der Waals surface area contributed by atoms with Crippen LogP contribution in [-0.4, -0.2) is 13.6 Å². The van der Waals surface area contributed by atoms with E-state index in [4.69, 9.17) is 5.73 Å². The number of hydrogen-bond donors (Lipinski definition) is 1. The molecule has 0 aliphatic rings. The third kappa shape index (κ3) is 3.32. The molecule has 0 atom stereocenters. The molecule has 2 aromatic rings. The van der Waals surface area contributed by atoms with Gasteiger partial charge in [0.15, 0.2) is 0 Å². The fourth-order valence-electron chi connectivity index (χ4n) is 2.51. The van der Waals surface area contributed by atoms with Crippen LogP contribution in [0.1, 0.15) is 25.0 Å². The first kappa shape index (κ1) is 14.4. The maximum atomic E-state index is 5.77. The zero-order valence-corrected chi connectivity index (χ0v) is 12.9. The van der Waals surface area contributed by atoms with Gasteiger partial charge in [-0.1, -0.05) is 43.7 Å². The van der Waals surface area contributed by atoms with Crippen molar-refractivity contribution in [1.29, 1.82) is 0 Å². The Morgan fingerprint density at radius 1 is 0.950 bits per heavy atom. The first-order valence-corrected chi connectivity index (χ1v) is 7.02. The molecule has 0 fully saturated rings. The third-order valence-electron chi connectivity index (χ3n) is 3.80. The largest absolute Gasteiger partial charge is 0.399 e. The lowest BCUT2D eigenvalue weighted by atomic mass is 9.84. The molecule has 0 heterocycles. The predicted octanol–water partition coefficient (Wildman–Crippen LogP) is 3.99. The van der Waals surface area contributed by atoms with Crippen molar-refractivity contribution >= 4 is 11.4 Å². The maximum Gasteiger partial charge on any atom is 0.0364 e. The third-order valence-corrected chi connectivity index (χ3v) is 3.80. The molecule has 0 saturated heterocycles. The number of nitrogens with zero attached hydrogens (tertiary/aromatic N) is 1. The Bertz CT molecular complexity index is 553. The second-order valence-electron chi connectivity index (χ2n) is 6.20. The van der Waals surface area contributed by atoms with E-state index >= 15 is 0 Å². The molecule has 2 rings (SSSR count). The van der Waals surface area contributed by atoms with E-state index in [2.05, 4.69) is 69.1 Å². The molecule has 0 saturated carbocycles. The van der Waals surface area contributed by atoms with Gasteiger partial charge in [-0.05, 0) is 36.8 Å². The highest BCUT2D eigenvalue weighted by Crippen LogP contribution is 2.27. The SMILES string of the molecule is Cc1ccc(N(C)CC(C)(C)c2ccc(N)cc2)cc1. The summed E-state index contributed by atoms with van der Waals surface area (Å²) in [4.78, 5) is 2.30. The number of likely N-dealkylation sites (N-methyl/N-ethyl adjacent to an activating group) is 1. The smallest absolute Gasteiger partial charge is 0.0364 e. The summed E-state index contributed by atoms with van der Waals surface area (Å²) in [7, 11) is 2.14. The maximum absolute atomic E-state index is 5.77. The Kier molecular flexibility index (Phi) is 4.03. The summed E-state index contributed by atoms with van der Waals surface area (Å²) >= 11 is 0. The van der Waals surface area contributed by atoms with Gasteiger partial charge in [0.2, 0.25) is 0 Å². The molecule has 0 unspecified atom stereocenters. The topological polar surface area (TPSA) is 29.3 Å². The minimum atomic E-state index is 0.0767. The van der Waals surface area contributed by atoms with Crippen molar-refractivity contribution in [3.05, 3.63) is 59.7 Å². The Morgan fingerprint density at radius 3 is 2.05 bits per heavy atom. The Morgan fingerprint density at radius 2 is 1.50 bits per heavy atom. The van der Waals surface area contributed by atoms with Crippen molar-refractivity contribution in [2.24, 2.45) is 0 Å². The molecule has 0 aromatic heterocycles. The highest BCUT2D eigenvalue weighted by molar-refractivity contribution is 5.48. The van der Waals surface area contributed by atoms with E-state index in [-0.39, 0.29) is 5.41 Å². The van der Waals surface area contributed by atoms with Crippen molar-refractivity contribution in [2.45, 2.75) is 26.2 Å². The Labute approximate surface area is 122 Å². The average molecular weight is 268 g/mol. The van der Waals surface area contributed by atoms with E-state index in [0.29, 0.717) is 0 Å². The van der Waals surface area contributed by atoms with Crippen molar-refractivity contribution in [3.63, 3.8) is 0 Å². The summed E-state index contributed by atoms with van der Waals surface area (Å²) in [5.41, 5.74) is 10.5. The van der Waals surface area contributed by atoms with E-state index in [1.54, 1.807) is 0 Å². The number of benzene rings is 2. The number of nitrogen functional groups attached to an aromatic ring is 1. The van der Waals surface area contributed by atoms with Gasteiger partial charge in [-0.3, -0.25) is 0 Å². The van der Waals surface area contributed by atoms with Gasteiger partial charge in [0, 0.05) is 30.4 Å². The molecule has 2 N–H and O–H groups in total. The standard InChI is InChI=1S/C18H24N2/c1-14-5-11-17(12-6-14)20(4)13-18(2,3)15-7-9-16(19)10-8-15/h5-12H,13,19H2,1-4H3. The number of nitrogens with two attached hydrogens (primary N) is 1. The fourth-order valence-corrected chi connectivity index (χ4v) is 2.51. The van der Waals surface area contributed by atoms with Gasteiger partial charge >= 0.3 is 0 Å². The predicted molar refractivity (Wildman–Crippen MR) is 88.3 cm³/mol. The van der Waals surface area contributed by atoms with Crippen LogP contribution in [0.3, 0.4) is 0 Å². The minimum Gasteiger partial charge on any atom is -0.399 e. The van der Waals surface area contributed by atoms with E-state index in [9.17, 15) is 0 Å². The van der Waals surface area contributed by atoms with E-state index in [1.807, 2.05) is 12.1 Å². The van der Waals surface area contributed by atoms with Crippen LogP contribution in [0.25, 0.3) is 0 Å². The molecule has 0 radical (unpaired) electrons. The number of rotatable bonds is 4. The quantitative estimate of drug-likeness (QED) is 0.849. The summed E-state index contributed by atoms with van der Waals surface area (Å²) in [5.74, 6) is 0. The first-order chi connectivity index (χ1) is 9.38. The van der Waals surface area contributed by atoms with Gasteiger partial charge in [-0.25, -0.2) is 0 Å². The second kappa shape index (κ2) is 5.58. The molecule has 0 bridgehead atoms. The molecular weight excluding hydrogens is 244 g/mol. The van der Waals surface area contributed by atoms with E-state index in [1.165, 1.54) is 16.8 Å². The second-order valence-corrected chi connectivity index (χ2v) is 6.20. The molecule has 0 aliphatic carbocycles. The molecular formula is C18H24N2. The fraction of sp³-hybridized carbons (Fsp3) is 0.333. The van der Waals surface area contributed by atoms with Crippen LogP contribution < -0.4 is 10.6 Å². The zero-order valence-electron chi connectivity index (χ0n) is 12.9. The highest BCUT2D eigenvalue weighted by atomic mass is 15.1. The molecule has 0 amide bonds. The van der Waals surface area contributed by atoms with Crippen LogP contribution in [0.2, 0.25) is 0 Å². The lowest BCUT2D eigenvalue weighted by molar-refractivity contribution is 0.524. The van der Waals surface area contributed by atoms with Crippen LogP contribution in [0.15, 0.2) is 48.5 Å². The van der Waals surface area contributed by atoms with Crippen molar-refractivity contribution < 1.29 is 0 Å². The van der Waals surface area contributed by atoms with Crippen molar-refractivity contribution in [1.82, 2.24) is 0 Å². The molecule has 2 heteroatoms. The molecule has 20 heavy (non-hydrogen) atoms. The summed E-state index contributed by atoms with van der Waals surface area (Å²) in [6.45, 7) is 7.61. The van der Waals surface area contributed by atoms with Crippen LogP contribution in [-0.2, 0) is 5.41 Å².